The molecule has 0 unspecified atom stereocenters. The van der Waals surface area contributed by atoms with Crippen LogP contribution in [0.1, 0.15) is 18.9 Å². The maximum Gasteiger partial charge on any atom is 0.262 e. The summed E-state index contributed by atoms with van der Waals surface area (Å²) in [6.45, 7) is 2.01. The van der Waals surface area contributed by atoms with Crippen LogP contribution in [0.3, 0.4) is 0 Å². The smallest absolute Gasteiger partial charge is 0.262 e. The molecule has 0 radical (unpaired) electrons. The van der Waals surface area contributed by atoms with E-state index in [0.29, 0.717) is 30.0 Å². The second-order valence-electron chi connectivity index (χ2n) is 5.40. The molecule has 0 aromatic heterocycles. The Hall–Kier alpha value is -2.89. The molecule has 0 aliphatic heterocycles. The molecule has 1 amide bonds. The summed E-state index contributed by atoms with van der Waals surface area (Å²) < 4.78 is 31.8. The van der Waals surface area contributed by atoms with Crippen molar-refractivity contribution < 1.29 is 17.9 Å². The Morgan fingerprint density at radius 2 is 1.92 bits per heavy atom. The molecule has 2 aromatic rings. The number of carbonyl (C=O) groups is 1. The van der Waals surface area contributed by atoms with Crippen LogP contribution in [0.25, 0.3) is 0 Å². The van der Waals surface area contributed by atoms with Gasteiger partial charge in [0.15, 0.2) is 6.61 Å². The average molecular weight is 373 g/mol. The Bertz CT molecular complexity index is 903. The number of amides is 1. The quantitative estimate of drug-likeness (QED) is 0.738. The molecular formula is C18H19N3O4S. The van der Waals surface area contributed by atoms with Crippen molar-refractivity contribution >= 4 is 21.6 Å². The van der Waals surface area contributed by atoms with Crippen molar-refractivity contribution in [3.05, 3.63) is 54.1 Å². The lowest BCUT2D eigenvalue weighted by Gasteiger charge is -2.09. The third-order valence-electron chi connectivity index (χ3n) is 3.32. The number of nitrogens with zero attached hydrogens (tertiary/aromatic N) is 1. The number of ether oxygens (including phenoxy) is 1. The van der Waals surface area contributed by atoms with Crippen LogP contribution < -0.4 is 14.8 Å². The van der Waals surface area contributed by atoms with Gasteiger partial charge >= 0.3 is 0 Å². The number of anilines is 1. The number of nitrogens with one attached hydrogen (secondary N) is 2. The molecule has 0 fully saturated rings. The van der Waals surface area contributed by atoms with Gasteiger partial charge in [-0.05, 0) is 48.9 Å². The molecule has 26 heavy (non-hydrogen) atoms. The van der Waals surface area contributed by atoms with Crippen molar-refractivity contribution in [2.45, 2.75) is 18.2 Å². The molecule has 0 saturated heterocycles. The zero-order valence-electron chi connectivity index (χ0n) is 14.2. The molecule has 2 rings (SSSR count). The van der Waals surface area contributed by atoms with E-state index < -0.39 is 10.0 Å². The number of nitriles is 1. The van der Waals surface area contributed by atoms with Gasteiger partial charge in [-0.2, -0.15) is 5.26 Å². The first-order valence-corrected chi connectivity index (χ1v) is 9.45. The van der Waals surface area contributed by atoms with Crippen molar-refractivity contribution in [1.82, 2.24) is 4.72 Å². The first kappa shape index (κ1) is 19.4. The molecule has 0 aliphatic rings. The van der Waals surface area contributed by atoms with Gasteiger partial charge in [0.05, 0.1) is 16.5 Å². The minimum Gasteiger partial charge on any atom is -0.484 e. The number of carbonyl (C=O) groups excluding carboxylic acids is 1. The third kappa shape index (κ3) is 5.58. The Morgan fingerprint density at radius 1 is 1.19 bits per heavy atom. The highest BCUT2D eigenvalue weighted by molar-refractivity contribution is 7.89. The Balaban J connectivity index is 1.91. The summed E-state index contributed by atoms with van der Waals surface area (Å²) in [5, 5.41) is 11.5. The number of hydrogen-bond donors (Lipinski definition) is 2. The summed E-state index contributed by atoms with van der Waals surface area (Å²) in [5.41, 5.74) is 0.943. The van der Waals surface area contributed by atoms with Crippen molar-refractivity contribution in [1.29, 1.82) is 5.26 Å². The first-order valence-electron chi connectivity index (χ1n) is 7.97. The maximum absolute atomic E-state index is 12.0. The van der Waals surface area contributed by atoms with Crippen molar-refractivity contribution in [2.24, 2.45) is 0 Å². The molecule has 136 valence electrons. The summed E-state index contributed by atoms with van der Waals surface area (Å²) in [7, 11) is -3.53. The van der Waals surface area contributed by atoms with Crippen molar-refractivity contribution in [2.75, 3.05) is 18.5 Å². The van der Waals surface area contributed by atoms with Gasteiger partial charge in [0.25, 0.3) is 5.91 Å². The molecule has 0 spiro atoms. The highest BCUT2D eigenvalue weighted by Crippen LogP contribution is 2.16. The lowest BCUT2D eigenvalue weighted by atomic mass is 10.2. The van der Waals surface area contributed by atoms with Gasteiger partial charge in [-0.3, -0.25) is 4.79 Å². The fourth-order valence-corrected chi connectivity index (χ4v) is 3.18. The predicted octanol–water partition coefficient (Wildman–Crippen LogP) is 2.26. The van der Waals surface area contributed by atoms with E-state index in [4.69, 9.17) is 10.00 Å². The number of benzene rings is 2. The highest BCUT2D eigenvalue weighted by atomic mass is 32.2. The van der Waals surface area contributed by atoms with Gasteiger partial charge in [0.2, 0.25) is 10.0 Å². The summed E-state index contributed by atoms with van der Waals surface area (Å²) in [6, 6.07) is 14.3. The largest absolute Gasteiger partial charge is 0.484 e. The average Bonchev–Trinajstić information content (AvgIpc) is 2.65. The molecule has 2 aromatic carbocycles. The van der Waals surface area contributed by atoms with Crippen LogP contribution in [0.4, 0.5) is 5.69 Å². The summed E-state index contributed by atoms with van der Waals surface area (Å²) >= 11 is 0. The first-order chi connectivity index (χ1) is 12.4. The van der Waals surface area contributed by atoms with Gasteiger partial charge in [0, 0.05) is 12.2 Å². The minimum atomic E-state index is -3.53. The van der Waals surface area contributed by atoms with Crippen LogP contribution in [0, 0.1) is 11.3 Å². The van der Waals surface area contributed by atoms with E-state index in [9.17, 15) is 13.2 Å². The van der Waals surface area contributed by atoms with Crippen molar-refractivity contribution in [3.63, 3.8) is 0 Å². The van der Waals surface area contributed by atoms with E-state index >= 15 is 0 Å². The van der Waals surface area contributed by atoms with Gasteiger partial charge in [0.1, 0.15) is 5.75 Å². The second kappa shape index (κ2) is 8.99. The van der Waals surface area contributed by atoms with Crippen LogP contribution in [0.15, 0.2) is 53.4 Å². The molecule has 7 nitrogen and oxygen atoms in total. The normalized spacial score (nSPS) is 10.8. The minimum absolute atomic E-state index is 0.135. The standard InChI is InChI=1S/C18H19N3O4S/c1-2-10-20-26(23,24)17-8-6-16(7-9-17)25-13-18(22)21-15-5-3-4-14(11-15)12-19/h3-9,11,20H,2,10,13H2,1H3,(H,21,22). The monoisotopic (exact) mass is 373 g/mol. The Labute approximate surface area is 152 Å². The van der Waals surface area contributed by atoms with Crippen molar-refractivity contribution in [3.8, 4) is 11.8 Å². The Kier molecular flexibility index (Phi) is 6.72. The molecule has 0 bridgehead atoms. The molecule has 0 aliphatic carbocycles. The molecule has 0 atom stereocenters. The van der Waals surface area contributed by atoms with Crippen LogP contribution in [-0.4, -0.2) is 27.5 Å². The predicted molar refractivity (Wildman–Crippen MR) is 97.2 cm³/mol. The van der Waals surface area contributed by atoms with Gasteiger partial charge < -0.3 is 10.1 Å². The zero-order valence-corrected chi connectivity index (χ0v) is 15.0. The third-order valence-corrected chi connectivity index (χ3v) is 4.80. The lowest BCUT2D eigenvalue weighted by molar-refractivity contribution is -0.118. The van der Waals surface area contributed by atoms with Crippen LogP contribution in [-0.2, 0) is 14.8 Å². The highest BCUT2D eigenvalue weighted by Gasteiger charge is 2.13. The second-order valence-corrected chi connectivity index (χ2v) is 7.17. The van der Waals surface area contributed by atoms with E-state index in [-0.39, 0.29) is 17.4 Å². The van der Waals surface area contributed by atoms with Crippen LogP contribution in [0.5, 0.6) is 5.75 Å². The van der Waals surface area contributed by atoms with E-state index in [1.807, 2.05) is 13.0 Å². The molecule has 2 N–H and O–H groups in total. The van der Waals surface area contributed by atoms with E-state index in [1.54, 1.807) is 24.3 Å². The van der Waals surface area contributed by atoms with Crippen LogP contribution in [0.2, 0.25) is 0 Å². The van der Waals surface area contributed by atoms with E-state index in [2.05, 4.69) is 10.0 Å². The number of hydrogen-bond acceptors (Lipinski definition) is 5. The lowest BCUT2D eigenvalue weighted by Crippen LogP contribution is -2.24. The summed E-state index contributed by atoms with van der Waals surface area (Å²) in [5.74, 6) is -0.0123. The summed E-state index contributed by atoms with van der Waals surface area (Å²) in [6.07, 6.45) is 0.701. The number of sulfonamides is 1. The topological polar surface area (TPSA) is 108 Å². The van der Waals surface area contributed by atoms with Gasteiger partial charge in [-0.25, -0.2) is 13.1 Å². The molecular weight excluding hydrogens is 354 g/mol. The van der Waals surface area contributed by atoms with Gasteiger partial charge in [-0.15, -0.1) is 0 Å². The van der Waals surface area contributed by atoms with E-state index in [0.717, 1.165) is 0 Å². The van der Waals surface area contributed by atoms with Gasteiger partial charge in [-0.1, -0.05) is 13.0 Å². The zero-order chi connectivity index (χ0) is 19.0. The summed E-state index contributed by atoms with van der Waals surface area (Å²) in [4.78, 5) is 12.0. The molecule has 8 heteroatoms. The molecule has 0 saturated carbocycles. The fourth-order valence-electron chi connectivity index (χ4n) is 2.05. The van der Waals surface area contributed by atoms with E-state index in [1.165, 1.54) is 24.3 Å². The number of rotatable bonds is 8. The molecule has 0 heterocycles. The maximum atomic E-state index is 12.0. The SMILES string of the molecule is CCCNS(=O)(=O)c1ccc(OCC(=O)Nc2cccc(C#N)c2)cc1. The van der Waals surface area contributed by atoms with Crippen LogP contribution >= 0.6 is 0 Å². The Morgan fingerprint density at radius 3 is 2.58 bits per heavy atom. The fraction of sp³-hybridized carbons (Fsp3) is 0.222.